The van der Waals surface area contributed by atoms with Crippen LogP contribution in [0.25, 0.3) is 0 Å². The number of amides is 1. The number of carbonyl (C=O) groups is 1. The van der Waals surface area contributed by atoms with Gasteiger partial charge in [-0.25, -0.2) is 23.5 Å². The number of benzene rings is 1. The van der Waals surface area contributed by atoms with Crippen molar-refractivity contribution in [2.24, 2.45) is 0 Å². The first kappa shape index (κ1) is 28.2. The van der Waals surface area contributed by atoms with Crippen LogP contribution in [-0.2, 0) is 4.74 Å². The van der Waals surface area contributed by atoms with Crippen molar-refractivity contribution in [3.05, 3.63) is 35.4 Å². The number of ether oxygens (including phenoxy) is 1. The third-order valence-electron chi connectivity index (χ3n) is 6.61. The highest BCUT2D eigenvalue weighted by molar-refractivity contribution is 7.99. The fourth-order valence-electron chi connectivity index (χ4n) is 4.62. The molecule has 2 aromatic rings. The van der Waals surface area contributed by atoms with Gasteiger partial charge < -0.3 is 36.2 Å². The van der Waals surface area contributed by atoms with Crippen LogP contribution in [0.3, 0.4) is 0 Å². The van der Waals surface area contributed by atoms with Gasteiger partial charge in [-0.05, 0) is 37.0 Å². The maximum atomic E-state index is 13.8. The Kier molecular flexibility index (Phi) is 8.88. The summed E-state index contributed by atoms with van der Waals surface area (Å²) in [5, 5.41) is 43.3. The van der Waals surface area contributed by atoms with E-state index in [2.05, 4.69) is 15.3 Å². The highest BCUT2D eigenvalue weighted by atomic mass is 32.2. The molecule has 0 spiro atoms. The summed E-state index contributed by atoms with van der Waals surface area (Å²) in [5.74, 6) is -1.71. The molecule has 1 aromatic heterocycles. The van der Waals surface area contributed by atoms with Crippen molar-refractivity contribution in [2.75, 3.05) is 34.9 Å². The summed E-state index contributed by atoms with van der Waals surface area (Å²) in [7, 11) is 0. The number of nitrogen functional groups attached to an aromatic ring is 1. The Hall–Kier alpha value is -2.78. The number of halogens is 2. The average Bonchev–Trinajstić information content (AvgIpc) is 3.62. The molecule has 14 heteroatoms. The highest BCUT2D eigenvalue weighted by Crippen LogP contribution is 2.48. The molecule has 1 amide bonds. The van der Waals surface area contributed by atoms with E-state index in [1.54, 1.807) is 0 Å². The lowest BCUT2D eigenvalue weighted by molar-refractivity contribution is -0.0612. The molecule has 2 saturated carbocycles. The topological polar surface area (TPSA) is 174 Å². The molecule has 0 bridgehead atoms. The number of rotatable bonds is 11. The lowest BCUT2D eigenvalue weighted by Crippen LogP contribution is -2.37. The number of aliphatic hydroxyl groups excluding tert-OH is 3. The van der Waals surface area contributed by atoms with Gasteiger partial charge >= 0.3 is 6.09 Å². The Morgan fingerprint density at radius 1 is 1.24 bits per heavy atom. The second kappa shape index (κ2) is 11.9. The summed E-state index contributed by atoms with van der Waals surface area (Å²) in [6, 6.07) is 2.15. The number of aliphatic hydroxyl groups is 3. The zero-order valence-electron chi connectivity index (χ0n) is 20.6. The molecule has 2 aliphatic rings. The molecule has 38 heavy (non-hydrogen) atoms. The minimum Gasteiger partial charge on any atom is -0.465 e. The lowest BCUT2D eigenvalue weighted by atomic mass is 10.1. The van der Waals surface area contributed by atoms with Crippen molar-refractivity contribution in [1.29, 1.82) is 0 Å². The van der Waals surface area contributed by atoms with Gasteiger partial charge in [0, 0.05) is 17.7 Å². The fourth-order valence-corrected chi connectivity index (χ4v) is 5.32. The first-order valence-electron chi connectivity index (χ1n) is 12.3. The van der Waals surface area contributed by atoms with Crippen molar-refractivity contribution in [3.63, 3.8) is 0 Å². The number of thioether (sulfide) groups is 1. The second-order valence-corrected chi connectivity index (χ2v) is 10.3. The maximum Gasteiger partial charge on any atom is 0.413 e. The molecule has 4 rings (SSSR count). The summed E-state index contributed by atoms with van der Waals surface area (Å²) in [4.78, 5) is 22.2. The van der Waals surface area contributed by atoms with E-state index in [0.717, 1.165) is 23.5 Å². The summed E-state index contributed by atoms with van der Waals surface area (Å²) in [6.07, 6.45) is -3.16. The van der Waals surface area contributed by atoms with Gasteiger partial charge in [0.05, 0.1) is 25.4 Å². The molecule has 11 nitrogen and oxygen atoms in total. The number of nitrogens with one attached hydrogen (secondary N) is 1. The first-order chi connectivity index (χ1) is 18.2. The van der Waals surface area contributed by atoms with Crippen molar-refractivity contribution < 1.29 is 38.7 Å². The molecule has 0 saturated heterocycles. The Morgan fingerprint density at radius 3 is 2.66 bits per heavy atom. The number of carboxylic acid groups (broad SMARTS) is 1. The van der Waals surface area contributed by atoms with E-state index < -0.39 is 48.1 Å². The van der Waals surface area contributed by atoms with Gasteiger partial charge in [0.1, 0.15) is 17.9 Å². The largest absolute Gasteiger partial charge is 0.465 e. The molecule has 6 atom stereocenters. The molecule has 208 valence electrons. The van der Waals surface area contributed by atoms with Gasteiger partial charge in [0.25, 0.3) is 0 Å². The van der Waals surface area contributed by atoms with Gasteiger partial charge in [-0.3, -0.25) is 4.90 Å². The predicted molar refractivity (Wildman–Crippen MR) is 136 cm³/mol. The Morgan fingerprint density at radius 2 is 2.00 bits per heavy atom. The van der Waals surface area contributed by atoms with E-state index in [-0.39, 0.29) is 48.0 Å². The molecule has 2 aliphatic carbocycles. The summed E-state index contributed by atoms with van der Waals surface area (Å²) in [5.41, 5.74) is 6.75. The Labute approximate surface area is 222 Å². The number of nitrogens with two attached hydrogens (primary N) is 1. The zero-order valence-corrected chi connectivity index (χ0v) is 21.4. The van der Waals surface area contributed by atoms with E-state index in [1.807, 2.05) is 6.92 Å². The van der Waals surface area contributed by atoms with Crippen LogP contribution in [0.4, 0.5) is 30.9 Å². The van der Waals surface area contributed by atoms with Gasteiger partial charge in [-0.2, -0.15) is 0 Å². The summed E-state index contributed by atoms with van der Waals surface area (Å²) < 4.78 is 32.6. The zero-order chi connectivity index (χ0) is 27.6. The van der Waals surface area contributed by atoms with E-state index >= 15 is 0 Å². The van der Waals surface area contributed by atoms with Gasteiger partial charge in [-0.15, -0.1) is 0 Å². The SMILES string of the molecule is CCCSc1nc(N[C@@H]2C[C@H](OCCO)[C@@H](O)[C@H]2O)c(N)c(N(C(=O)O)[C@@H]2C[C@H]2c2ccc(F)c(F)c2)n1. The summed E-state index contributed by atoms with van der Waals surface area (Å²) >= 11 is 1.30. The number of hydrogen-bond acceptors (Lipinski definition) is 10. The number of anilines is 3. The average molecular weight is 556 g/mol. The minimum absolute atomic E-state index is 0.00709. The van der Waals surface area contributed by atoms with Crippen LogP contribution >= 0.6 is 11.8 Å². The van der Waals surface area contributed by atoms with Crippen LogP contribution in [0.1, 0.15) is 37.7 Å². The molecule has 2 fully saturated rings. The third kappa shape index (κ3) is 5.94. The molecule has 1 heterocycles. The van der Waals surface area contributed by atoms with Crippen molar-refractivity contribution in [2.45, 2.75) is 67.7 Å². The molecule has 7 N–H and O–H groups in total. The van der Waals surface area contributed by atoms with Crippen LogP contribution in [0, 0.1) is 11.6 Å². The van der Waals surface area contributed by atoms with Gasteiger partial charge in [-0.1, -0.05) is 24.8 Å². The Bertz CT molecular complexity index is 1160. The Balaban J connectivity index is 1.63. The minimum atomic E-state index is -1.32. The normalized spacial score (nSPS) is 26.4. The quantitative estimate of drug-likeness (QED) is 0.177. The standard InChI is InChI=1S/C24H31F2N5O6S/c1-2-7-38-23-29-21(28-15-10-17(37-6-5-32)20(34)19(15)33)18(27)22(30-23)31(24(35)36)16-9-12(16)11-3-4-13(25)14(26)8-11/h3-4,8,12,15-17,19-20,32-34H,2,5-7,9-10,27H2,1H3,(H,35,36)(H,28,29,30)/t12-,15+,16+,17-,19-,20+/m0/s1. The molecular formula is C24H31F2N5O6S. The predicted octanol–water partition coefficient (Wildman–Crippen LogP) is 2.16. The van der Waals surface area contributed by atoms with Crippen LogP contribution in [0.2, 0.25) is 0 Å². The highest BCUT2D eigenvalue weighted by Gasteiger charge is 2.48. The number of nitrogens with zero attached hydrogens (tertiary/aromatic N) is 3. The van der Waals surface area contributed by atoms with Gasteiger partial charge in [0.15, 0.2) is 28.4 Å². The van der Waals surface area contributed by atoms with Crippen LogP contribution in [-0.4, -0.2) is 85.8 Å². The van der Waals surface area contributed by atoms with Crippen molar-refractivity contribution in [1.82, 2.24) is 9.97 Å². The molecular weight excluding hydrogens is 524 g/mol. The van der Waals surface area contributed by atoms with Crippen molar-refractivity contribution in [3.8, 4) is 0 Å². The van der Waals surface area contributed by atoms with E-state index in [1.165, 1.54) is 17.8 Å². The molecule has 0 unspecified atom stereocenters. The number of aromatic nitrogens is 2. The monoisotopic (exact) mass is 555 g/mol. The molecule has 0 radical (unpaired) electrons. The smallest absolute Gasteiger partial charge is 0.413 e. The lowest BCUT2D eigenvalue weighted by Gasteiger charge is -2.24. The third-order valence-corrected chi connectivity index (χ3v) is 7.66. The second-order valence-electron chi connectivity index (χ2n) is 9.28. The summed E-state index contributed by atoms with van der Waals surface area (Å²) in [6.45, 7) is 1.72. The van der Waals surface area contributed by atoms with E-state index in [0.29, 0.717) is 17.7 Å². The fraction of sp³-hybridized carbons (Fsp3) is 0.542. The van der Waals surface area contributed by atoms with Crippen LogP contribution in [0.5, 0.6) is 0 Å². The van der Waals surface area contributed by atoms with Crippen LogP contribution < -0.4 is 16.0 Å². The molecule has 1 aromatic carbocycles. The van der Waals surface area contributed by atoms with E-state index in [9.17, 15) is 28.9 Å². The number of hydrogen-bond donors (Lipinski definition) is 6. The van der Waals surface area contributed by atoms with Gasteiger partial charge in [0.2, 0.25) is 0 Å². The van der Waals surface area contributed by atoms with Crippen molar-refractivity contribution >= 4 is 35.2 Å². The van der Waals surface area contributed by atoms with Crippen LogP contribution in [0.15, 0.2) is 23.4 Å². The maximum absolute atomic E-state index is 13.8. The van der Waals surface area contributed by atoms with E-state index in [4.69, 9.17) is 15.6 Å². The first-order valence-corrected chi connectivity index (χ1v) is 13.3. The molecule has 0 aliphatic heterocycles.